The van der Waals surface area contributed by atoms with Crippen LogP contribution in [0.5, 0.6) is 0 Å². The molecule has 3 aromatic heterocycles. The van der Waals surface area contributed by atoms with Gasteiger partial charge in [0.15, 0.2) is 5.65 Å². The predicted molar refractivity (Wildman–Crippen MR) is 110 cm³/mol. The molecule has 2 N–H and O–H groups in total. The standard InChI is InChI=1S/C20H19N5O.ClH/c26-20-24-23-19-18(22-11-5-7-15-6-4-10-21-13-15)12-17(14-25(19)20)16-8-2-1-3-9-16;/h1-4,6,8-10,12-14,22H,5,7,11H2,(H,24,26);1H. The molecule has 1 aromatic carbocycles. The lowest BCUT2D eigenvalue weighted by Gasteiger charge is -2.10. The predicted octanol–water partition coefficient (Wildman–Crippen LogP) is 3.55. The Labute approximate surface area is 162 Å². The van der Waals surface area contributed by atoms with E-state index in [-0.39, 0.29) is 18.1 Å². The fourth-order valence-corrected chi connectivity index (χ4v) is 2.99. The number of aromatic amines is 1. The van der Waals surface area contributed by atoms with Crippen LogP contribution in [0, 0.1) is 0 Å². The van der Waals surface area contributed by atoms with E-state index in [9.17, 15) is 4.79 Å². The molecule has 27 heavy (non-hydrogen) atoms. The Hall–Kier alpha value is -3.12. The summed E-state index contributed by atoms with van der Waals surface area (Å²) >= 11 is 0. The van der Waals surface area contributed by atoms with Gasteiger partial charge in [-0.3, -0.25) is 4.98 Å². The van der Waals surface area contributed by atoms with Gasteiger partial charge in [0.1, 0.15) is 0 Å². The molecule has 0 bridgehead atoms. The summed E-state index contributed by atoms with van der Waals surface area (Å²) in [6.07, 6.45) is 7.40. The summed E-state index contributed by atoms with van der Waals surface area (Å²) in [7, 11) is 0. The highest BCUT2D eigenvalue weighted by Gasteiger charge is 2.09. The second-order valence-corrected chi connectivity index (χ2v) is 6.12. The van der Waals surface area contributed by atoms with Crippen LogP contribution in [0.3, 0.4) is 0 Å². The molecular formula is C20H20ClN5O. The molecule has 0 spiro atoms. The molecule has 0 aliphatic carbocycles. The molecule has 0 saturated carbocycles. The number of hydrogen-bond donors (Lipinski definition) is 2. The second-order valence-electron chi connectivity index (χ2n) is 6.12. The zero-order valence-electron chi connectivity index (χ0n) is 14.6. The van der Waals surface area contributed by atoms with E-state index >= 15 is 0 Å². The molecule has 0 fully saturated rings. The molecule has 0 amide bonds. The van der Waals surface area contributed by atoms with E-state index in [1.807, 2.05) is 54.9 Å². The number of aromatic nitrogens is 4. The zero-order valence-corrected chi connectivity index (χ0v) is 15.4. The van der Waals surface area contributed by atoms with Crippen molar-refractivity contribution in [2.24, 2.45) is 0 Å². The van der Waals surface area contributed by atoms with Crippen LogP contribution in [-0.2, 0) is 6.42 Å². The van der Waals surface area contributed by atoms with Gasteiger partial charge in [-0.05, 0) is 36.1 Å². The third kappa shape index (κ3) is 4.17. The molecule has 0 aliphatic heterocycles. The average molecular weight is 382 g/mol. The van der Waals surface area contributed by atoms with E-state index in [4.69, 9.17) is 0 Å². The van der Waals surface area contributed by atoms with Gasteiger partial charge in [0.05, 0.1) is 5.69 Å². The van der Waals surface area contributed by atoms with Crippen LogP contribution < -0.4 is 11.0 Å². The Balaban J connectivity index is 0.00000210. The number of benzene rings is 1. The van der Waals surface area contributed by atoms with Crippen LogP contribution in [0.1, 0.15) is 12.0 Å². The SMILES string of the molecule is Cl.O=c1[nH]nc2c(NCCCc3cccnc3)cc(-c3ccccc3)cn12. The summed E-state index contributed by atoms with van der Waals surface area (Å²) in [6.45, 7) is 0.782. The van der Waals surface area contributed by atoms with Crippen LogP contribution >= 0.6 is 12.4 Å². The fourth-order valence-electron chi connectivity index (χ4n) is 2.99. The minimum atomic E-state index is -0.240. The van der Waals surface area contributed by atoms with Gasteiger partial charge in [0.2, 0.25) is 0 Å². The number of H-pyrrole nitrogens is 1. The molecule has 7 heteroatoms. The van der Waals surface area contributed by atoms with E-state index < -0.39 is 0 Å². The molecule has 4 aromatic rings. The van der Waals surface area contributed by atoms with Gasteiger partial charge in [-0.1, -0.05) is 36.4 Å². The number of nitrogens with one attached hydrogen (secondary N) is 2. The third-order valence-electron chi connectivity index (χ3n) is 4.30. The van der Waals surface area contributed by atoms with Crippen molar-refractivity contribution in [2.75, 3.05) is 11.9 Å². The Bertz CT molecular complexity index is 1060. The van der Waals surface area contributed by atoms with Crippen molar-refractivity contribution in [3.05, 3.63) is 83.2 Å². The van der Waals surface area contributed by atoms with Gasteiger partial charge in [-0.15, -0.1) is 12.4 Å². The molecular weight excluding hydrogens is 362 g/mol. The highest BCUT2D eigenvalue weighted by molar-refractivity contribution is 5.85. The van der Waals surface area contributed by atoms with Crippen molar-refractivity contribution in [3.63, 3.8) is 0 Å². The van der Waals surface area contributed by atoms with Crippen molar-refractivity contribution in [1.82, 2.24) is 19.6 Å². The van der Waals surface area contributed by atoms with Crippen LogP contribution in [0.25, 0.3) is 16.8 Å². The van der Waals surface area contributed by atoms with Gasteiger partial charge in [0.25, 0.3) is 0 Å². The summed E-state index contributed by atoms with van der Waals surface area (Å²) in [6, 6.07) is 16.1. The minimum absolute atomic E-state index is 0. The van der Waals surface area contributed by atoms with E-state index in [1.165, 1.54) is 5.56 Å². The van der Waals surface area contributed by atoms with Crippen LogP contribution in [0.2, 0.25) is 0 Å². The zero-order chi connectivity index (χ0) is 17.8. The van der Waals surface area contributed by atoms with E-state index in [0.29, 0.717) is 5.65 Å². The Morgan fingerprint density at radius 1 is 1.07 bits per heavy atom. The number of halogens is 1. The number of fused-ring (bicyclic) bond motifs is 1. The number of hydrogen-bond acceptors (Lipinski definition) is 4. The molecule has 6 nitrogen and oxygen atoms in total. The number of rotatable bonds is 6. The molecule has 0 saturated heterocycles. The summed E-state index contributed by atoms with van der Waals surface area (Å²) in [5.74, 6) is 0. The van der Waals surface area contributed by atoms with Gasteiger partial charge in [-0.2, -0.15) is 5.10 Å². The lowest BCUT2D eigenvalue weighted by molar-refractivity contribution is 0.858. The topological polar surface area (TPSA) is 75.1 Å². The molecule has 138 valence electrons. The molecule has 4 rings (SSSR count). The maximum atomic E-state index is 12.0. The Kier molecular flexibility index (Phi) is 5.88. The van der Waals surface area contributed by atoms with Gasteiger partial charge in [-0.25, -0.2) is 14.3 Å². The van der Waals surface area contributed by atoms with Crippen molar-refractivity contribution < 1.29 is 0 Å². The van der Waals surface area contributed by atoms with Crippen LogP contribution in [0.15, 0.2) is 71.9 Å². The first-order chi connectivity index (χ1) is 12.8. The summed E-state index contributed by atoms with van der Waals surface area (Å²) in [4.78, 5) is 16.2. The highest BCUT2D eigenvalue weighted by atomic mass is 35.5. The van der Waals surface area contributed by atoms with Crippen molar-refractivity contribution >= 4 is 23.7 Å². The third-order valence-corrected chi connectivity index (χ3v) is 4.30. The molecule has 0 atom stereocenters. The minimum Gasteiger partial charge on any atom is -0.382 e. The highest BCUT2D eigenvalue weighted by Crippen LogP contribution is 2.24. The first-order valence-corrected chi connectivity index (χ1v) is 8.60. The number of pyridine rings is 2. The van der Waals surface area contributed by atoms with Crippen molar-refractivity contribution in [1.29, 1.82) is 0 Å². The van der Waals surface area contributed by atoms with E-state index in [2.05, 4.69) is 26.6 Å². The molecule has 0 aliphatic rings. The summed E-state index contributed by atoms with van der Waals surface area (Å²) < 4.78 is 1.55. The van der Waals surface area contributed by atoms with E-state index in [1.54, 1.807) is 10.6 Å². The smallest absolute Gasteiger partial charge is 0.347 e. The molecule has 0 radical (unpaired) electrons. The quantitative estimate of drug-likeness (QED) is 0.501. The van der Waals surface area contributed by atoms with E-state index in [0.717, 1.165) is 36.2 Å². The monoisotopic (exact) mass is 381 g/mol. The molecule has 0 unspecified atom stereocenters. The van der Waals surface area contributed by atoms with Crippen molar-refractivity contribution in [2.45, 2.75) is 12.8 Å². The normalized spacial score (nSPS) is 10.5. The largest absolute Gasteiger partial charge is 0.382 e. The van der Waals surface area contributed by atoms with Gasteiger partial charge < -0.3 is 5.32 Å². The number of nitrogens with zero attached hydrogens (tertiary/aromatic N) is 3. The lowest BCUT2D eigenvalue weighted by atomic mass is 10.1. The lowest BCUT2D eigenvalue weighted by Crippen LogP contribution is -2.11. The maximum absolute atomic E-state index is 12.0. The first kappa shape index (κ1) is 18.7. The average Bonchev–Trinajstić information content (AvgIpc) is 3.08. The Morgan fingerprint density at radius 3 is 2.70 bits per heavy atom. The fraction of sp³-hybridized carbons (Fsp3) is 0.150. The second kappa shape index (κ2) is 8.51. The van der Waals surface area contributed by atoms with Gasteiger partial charge in [0, 0.05) is 30.7 Å². The first-order valence-electron chi connectivity index (χ1n) is 8.60. The van der Waals surface area contributed by atoms with Gasteiger partial charge >= 0.3 is 5.69 Å². The Morgan fingerprint density at radius 2 is 1.93 bits per heavy atom. The summed E-state index contributed by atoms with van der Waals surface area (Å²) in [5.41, 5.74) is 4.45. The number of aryl methyl sites for hydroxylation is 1. The van der Waals surface area contributed by atoms with Crippen molar-refractivity contribution in [3.8, 4) is 11.1 Å². The molecule has 3 heterocycles. The van der Waals surface area contributed by atoms with Crippen LogP contribution in [0.4, 0.5) is 5.69 Å². The number of anilines is 1. The maximum Gasteiger partial charge on any atom is 0.347 e. The summed E-state index contributed by atoms with van der Waals surface area (Å²) in [5, 5.41) is 10.1. The van der Waals surface area contributed by atoms with Crippen LogP contribution in [-0.4, -0.2) is 26.1 Å².